The van der Waals surface area contributed by atoms with E-state index >= 15 is 0 Å². The van der Waals surface area contributed by atoms with E-state index in [4.69, 9.17) is 11.6 Å². The predicted octanol–water partition coefficient (Wildman–Crippen LogP) is 2.08. The molecular weight excluding hydrogens is 348 g/mol. The molecule has 0 saturated carbocycles. The van der Waals surface area contributed by atoms with Crippen molar-refractivity contribution in [3.63, 3.8) is 0 Å². The van der Waals surface area contributed by atoms with Crippen LogP contribution in [0.15, 0.2) is 18.3 Å². The highest BCUT2D eigenvalue weighted by Crippen LogP contribution is 2.33. The van der Waals surface area contributed by atoms with Crippen molar-refractivity contribution in [2.75, 3.05) is 5.75 Å². The summed E-state index contributed by atoms with van der Waals surface area (Å²) >= 11 is 7.64. The Labute approximate surface area is 150 Å². The monoisotopic (exact) mass is 368 g/mol. The molecule has 2 saturated heterocycles. The van der Waals surface area contributed by atoms with Crippen molar-refractivity contribution in [3.05, 3.63) is 29.0 Å². The lowest BCUT2D eigenvalue weighted by Crippen LogP contribution is -2.36. The largest absolute Gasteiger partial charge is 0.352 e. The first-order valence-corrected chi connectivity index (χ1v) is 9.60. The van der Waals surface area contributed by atoms with Crippen LogP contribution in [0, 0.1) is 0 Å². The summed E-state index contributed by atoms with van der Waals surface area (Å²) in [5.74, 6) is 1.03. The topological polar surface area (TPSA) is 83.1 Å². The number of nitrogens with one attached hydrogen (secondary N) is 3. The fourth-order valence-corrected chi connectivity index (χ4v) is 4.73. The van der Waals surface area contributed by atoms with Crippen LogP contribution in [-0.2, 0) is 11.3 Å². The van der Waals surface area contributed by atoms with Crippen molar-refractivity contribution in [2.24, 2.45) is 0 Å². The van der Waals surface area contributed by atoms with Crippen LogP contribution < -0.4 is 16.0 Å². The van der Waals surface area contributed by atoms with Crippen molar-refractivity contribution >= 4 is 35.3 Å². The number of pyridine rings is 1. The molecule has 2 aliphatic heterocycles. The van der Waals surface area contributed by atoms with Gasteiger partial charge in [-0.05, 0) is 24.5 Å². The Morgan fingerprint density at radius 2 is 2.25 bits per heavy atom. The average Bonchev–Trinajstić information content (AvgIpc) is 3.10. The lowest BCUT2D eigenvalue weighted by molar-refractivity contribution is -0.121. The third kappa shape index (κ3) is 4.54. The standard InChI is InChI=1S/C16H21ClN4O2S/c17-13-6-5-10(7-18-13)8-19-14(22)4-2-1-3-12-15-11(9-24-12)20-16(23)21-15/h5-7,11-12,15H,1-4,8-9H2,(H,19,22)(H2,20,21,23)/t11-,12-,15-/m0/s1. The molecule has 6 nitrogen and oxygen atoms in total. The van der Waals surface area contributed by atoms with Gasteiger partial charge < -0.3 is 16.0 Å². The third-order valence-electron chi connectivity index (χ3n) is 4.36. The zero-order valence-corrected chi connectivity index (χ0v) is 14.8. The molecule has 3 amide bonds. The highest BCUT2D eigenvalue weighted by Gasteiger charge is 2.42. The van der Waals surface area contributed by atoms with Crippen molar-refractivity contribution in [1.82, 2.24) is 20.9 Å². The Kier molecular flexibility index (Phi) is 5.84. The van der Waals surface area contributed by atoms with Gasteiger partial charge in [0, 0.05) is 30.2 Å². The van der Waals surface area contributed by atoms with E-state index in [0.717, 1.165) is 30.6 Å². The number of unbranched alkanes of at least 4 members (excludes halogenated alkanes) is 1. The van der Waals surface area contributed by atoms with Crippen LogP contribution in [0.5, 0.6) is 0 Å². The summed E-state index contributed by atoms with van der Waals surface area (Å²) < 4.78 is 0. The van der Waals surface area contributed by atoms with Crippen LogP contribution in [0.4, 0.5) is 4.79 Å². The fourth-order valence-electron chi connectivity index (χ4n) is 3.07. The molecule has 0 radical (unpaired) electrons. The molecule has 3 rings (SSSR count). The van der Waals surface area contributed by atoms with E-state index in [1.54, 1.807) is 12.3 Å². The second-order valence-electron chi connectivity index (χ2n) is 6.13. The van der Waals surface area contributed by atoms with E-state index in [-0.39, 0.29) is 24.0 Å². The fraction of sp³-hybridized carbons (Fsp3) is 0.562. The Morgan fingerprint density at radius 1 is 1.38 bits per heavy atom. The number of urea groups is 1. The molecule has 2 aliphatic rings. The van der Waals surface area contributed by atoms with E-state index in [1.165, 1.54) is 0 Å². The first-order valence-electron chi connectivity index (χ1n) is 8.17. The molecule has 3 heterocycles. The molecule has 0 spiro atoms. The van der Waals surface area contributed by atoms with Gasteiger partial charge >= 0.3 is 6.03 Å². The maximum absolute atomic E-state index is 11.9. The molecule has 1 aromatic heterocycles. The quantitative estimate of drug-likeness (QED) is 0.391. The number of amides is 3. The first-order chi connectivity index (χ1) is 11.6. The van der Waals surface area contributed by atoms with Crippen LogP contribution >= 0.6 is 23.4 Å². The Hall–Kier alpha value is -1.47. The maximum Gasteiger partial charge on any atom is 0.315 e. The van der Waals surface area contributed by atoms with Crippen molar-refractivity contribution in [2.45, 2.75) is 49.6 Å². The van der Waals surface area contributed by atoms with Crippen molar-refractivity contribution in [3.8, 4) is 0 Å². The smallest absolute Gasteiger partial charge is 0.315 e. The highest BCUT2D eigenvalue weighted by atomic mass is 35.5. The summed E-state index contributed by atoms with van der Waals surface area (Å²) in [6, 6.07) is 4.03. The number of aromatic nitrogens is 1. The molecule has 0 aromatic carbocycles. The first kappa shape index (κ1) is 17.4. The third-order valence-corrected chi connectivity index (χ3v) is 6.09. The van der Waals surface area contributed by atoms with Gasteiger partial charge in [0.25, 0.3) is 0 Å². The number of thioether (sulfide) groups is 1. The van der Waals surface area contributed by atoms with E-state index in [9.17, 15) is 9.59 Å². The summed E-state index contributed by atoms with van der Waals surface area (Å²) in [4.78, 5) is 27.2. The molecule has 0 aliphatic carbocycles. The van der Waals surface area contributed by atoms with E-state index in [1.807, 2.05) is 17.8 Å². The van der Waals surface area contributed by atoms with Gasteiger partial charge in [-0.15, -0.1) is 0 Å². The second kappa shape index (κ2) is 8.07. The Balaban J connectivity index is 1.30. The Bertz CT molecular complexity index is 598. The van der Waals surface area contributed by atoms with Crippen LogP contribution in [0.1, 0.15) is 31.2 Å². The van der Waals surface area contributed by atoms with Crippen LogP contribution in [-0.4, -0.2) is 40.0 Å². The predicted molar refractivity (Wildman–Crippen MR) is 95.1 cm³/mol. The van der Waals surface area contributed by atoms with Crippen molar-refractivity contribution < 1.29 is 9.59 Å². The molecule has 8 heteroatoms. The van der Waals surface area contributed by atoms with Gasteiger partial charge in [0.1, 0.15) is 5.15 Å². The summed E-state index contributed by atoms with van der Waals surface area (Å²) in [7, 11) is 0. The summed E-state index contributed by atoms with van der Waals surface area (Å²) in [5, 5.41) is 9.74. The van der Waals surface area contributed by atoms with E-state index < -0.39 is 0 Å². The zero-order chi connectivity index (χ0) is 16.9. The van der Waals surface area contributed by atoms with Gasteiger partial charge in [-0.3, -0.25) is 4.79 Å². The average molecular weight is 369 g/mol. The maximum atomic E-state index is 11.9. The molecule has 2 fully saturated rings. The Morgan fingerprint density at radius 3 is 3.04 bits per heavy atom. The number of nitrogens with zero attached hydrogens (tertiary/aromatic N) is 1. The van der Waals surface area contributed by atoms with E-state index in [0.29, 0.717) is 23.4 Å². The number of halogens is 1. The number of carbonyl (C=O) groups is 2. The van der Waals surface area contributed by atoms with Crippen LogP contribution in [0.25, 0.3) is 0 Å². The number of rotatable bonds is 7. The van der Waals surface area contributed by atoms with Crippen LogP contribution in [0.3, 0.4) is 0 Å². The highest BCUT2D eigenvalue weighted by molar-refractivity contribution is 8.00. The molecule has 130 valence electrons. The number of hydrogen-bond donors (Lipinski definition) is 3. The minimum absolute atomic E-state index is 0.0497. The molecule has 1 aromatic rings. The normalized spacial score (nSPS) is 25.0. The van der Waals surface area contributed by atoms with Gasteiger partial charge in [0.2, 0.25) is 5.91 Å². The van der Waals surface area contributed by atoms with Gasteiger partial charge in [-0.1, -0.05) is 24.1 Å². The lowest BCUT2D eigenvalue weighted by Gasteiger charge is -2.16. The SMILES string of the molecule is O=C(CCCC[C@@H]1SC[C@@H]2NC(=O)N[C@@H]21)NCc1ccc(Cl)nc1. The molecule has 0 bridgehead atoms. The zero-order valence-electron chi connectivity index (χ0n) is 13.3. The number of hydrogen-bond acceptors (Lipinski definition) is 4. The molecule has 0 unspecified atom stereocenters. The van der Waals surface area contributed by atoms with Gasteiger partial charge in [-0.2, -0.15) is 11.8 Å². The van der Waals surface area contributed by atoms with Crippen LogP contribution in [0.2, 0.25) is 5.15 Å². The number of carbonyl (C=O) groups excluding carboxylic acids is 2. The second-order valence-corrected chi connectivity index (χ2v) is 7.79. The van der Waals surface area contributed by atoms with Crippen molar-refractivity contribution in [1.29, 1.82) is 0 Å². The minimum Gasteiger partial charge on any atom is -0.352 e. The molecular formula is C16H21ClN4O2S. The van der Waals surface area contributed by atoms with Gasteiger partial charge in [0.15, 0.2) is 0 Å². The van der Waals surface area contributed by atoms with E-state index in [2.05, 4.69) is 20.9 Å². The molecule has 3 atom stereocenters. The van der Waals surface area contributed by atoms with Gasteiger partial charge in [0.05, 0.1) is 12.1 Å². The van der Waals surface area contributed by atoms with Gasteiger partial charge in [-0.25, -0.2) is 9.78 Å². The summed E-state index contributed by atoms with van der Waals surface area (Å²) in [6.45, 7) is 0.475. The molecule has 24 heavy (non-hydrogen) atoms. The lowest BCUT2D eigenvalue weighted by atomic mass is 10.0. The summed E-state index contributed by atoms with van der Waals surface area (Å²) in [6.07, 6.45) is 5.08. The minimum atomic E-state index is -0.0497. The molecule has 3 N–H and O–H groups in total. The number of fused-ring (bicyclic) bond motifs is 1. The summed E-state index contributed by atoms with van der Waals surface area (Å²) in [5.41, 5.74) is 0.936.